The molecule has 3 rings (SSSR count). The fraction of sp³-hybridized carbons (Fsp3) is 0.300. The summed E-state index contributed by atoms with van der Waals surface area (Å²) in [6.07, 6.45) is -0.0797. The minimum atomic E-state index is -0.816. The monoisotopic (exact) mass is 358 g/mol. The first-order chi connectivity index (χ1) is 12.4. The predicted molar refractivity (Wildman–Crippen MR) is 96.0 cm³/mol. The molecular formula is C20H20F2N2O2. The summed E-state index contributed by atoms with van der Waals surface area (Å²) in [7, 11) is 0. The van der Waals surface area contributed by atoms with E-state index in [9.17, 15) is 18.4 Å². The van der Waals surface area contributed by atoms with Gasteiger partial charge >= 0.3 is 0 Å². The van der Waals surface area contributed by atoms with E-state index in [1.807, 2.05) is 12.1 Å². The molecule has 1 N–H and O–H groups in total. The highest BCUT2D eigenvalue weighted by Gasteiger charge is 2.37. The number of hydrogen-bond donors (Lipinski definition) is 1. The van der Waals surface area contributed by atoms with Gasteiger partial charge in [0, 0.05) is 18.7 Å². The third kappa shape index (κ3) is 3.59. The molecule has 6 heteroatoms. The minimum Gasteiger partial charge on any atom is -0.326 e. The summed E-state index contributed by atoms with van der Waals surface area (Å²) >= 11 is 0. The molecule has 26 heavy (non-hydrogen) atoms. The van der Waals surface area contributed by atoms with Crippen LogP contribution in [0.1, 0.15) is 31.7 Å². The number of rotatable bonds is 4. The molecule has 1 aliphatic heterocycles. The van der Waals surface area contributed by atoms with Crippen LogP contribution in [-0.4, -0.2) is 18.4 Å². The van der Waals surface area contributed by atoms with Crippen LogP contribution in [0.25, 0.3) is 0 Å². The Kier molecular flexibility index (Phi) is 5.02. The van der Waals surface area contributed by atoms with Crippen LogP contribution in [0.15, 0.2) is 42.5 Å². The highest BCUT2D eigenvalue weighted by molar-refractivity contribution is 6.03. The fourth-order valence-corrected chi connectivity index (χ4v) is 3.04. The average molecular weight is 358 g/mol. The lowest BCUT2D eigenvalue weighted by molar-refractivity contribution is -0.122. The molecule has 2 aromatic rings. The van der Waals surface area contributed by atoms with Gasteiger partial charge in [0.2, 0.25) is 11.8 Å². The highest BCUT2D eigenvalue weighted by atomic mass is 19.1. The normalized spacial score (nSPS) is 17.0. The number of para-hydroxylation sites is 1. The molecule has 0 saturated carbocycles. The SMILES string of the molecule is CC(C)c1ccc(NC(=O)C2CC(=O)N(c3c(F)cccc3F)C2)cc1. The summed E-state index contributed by atoms with van der Waals surface area (Å²) in [5.74, 6) is -2.71. The van der Waals surface area contributed by atoms with Crippen LogP contribution in [0.4, 0.5) is 20.2 Å². The quantitative estimate of drug-likeness (QED) is 0.895. The Morgan fingerprint density at radius 1 is 1.12 bits per heavy atom. The van der Waals surface area contributed by atoms with Crippen LogP contribution in [0, 0.1) is 17.6 Å². The van der Waals surface area contributed by atoms with Gasteiger partial charge in [0.1, 0.15) is 17.3 Å². The molecule has 1 fully saturated rings. The Hall–Kier alpha value is -2.76. The van der Waals surface area contributed by atoms with Crippen LogP contribution in [0.3, 0.4) is 0 Å². The summed E-state index contributed by atoms with van der Waals surface area (Å²) in [6, 6.07) is 10.9. The van der Waals surface area contributed by atoms with Gasteiger partial charge in [0.25, 0.3) is 0 Å². The second kappa shape index (κ2) is 7.23. The molecule has 1 unspecified atom stereocenters. The summed E-state index contributed by atoms with van der Waals surface area (Å²) < 4.78 is 27.8. The van der Waals surface area contributed by atoms with Gasteiger partial charge in [0.15, 0.2) is 0 Å². The largest absolute Gasteiger partial charge is 0.326 e. The van der Waals surface area contributed by atoms with Crippen molar-refractivity contribution in [2.24, 2.45) is 5.92 Å². The van der Waals surface area contributed by atoms with Crippen molar-refractivity contribution in [2.75, 3.05) is 16.8 Å². The van der Waals surface area contributed by atoms with E-state index >= 15 is 0 Å². The Bertz CT molecular complexity index is 814. The zero-order chi connectivity index (χ0) is 18.8. The molecule has 2 aromatic carbocycles. The molecule has 1 heterocycles. The van der Waals surface area contributed by atoms with Crippen molar-refractivity contribution in [1.82, 2.24) is 0 Å². The Morgan fingerprint density at radius 3 is 2.31 bits per heavy atom. The van der Waals surface area contributed by atoms with Crippen molar-refractivity contribution < 1.29 is 18.4 Å². The summed E-state index contributed by atoms with van der Waals surface area (Å²) in [5, 5.41) is 2.77. The Balaban J connectivity index is 1.71. The number of carbonyl (C=O) groups is 2. The summed E-state index contributed by atoms with van der Waals surface area (Å²) in [5.41, 5.74) is 1.39. The first kappa shape index (κ1) is 18.0. The van der Waals surface area contributed by atoms with Gasteiger partial charge < -0.3 is 10.2 Å². The van der Waals surface area contributed by atoms with E-state index in [2.05, 4.69) is 19.2 Å². The number of anilines is 2. The van der Waals surface area contributed by atoms with E-state index in [0.717, 1.165) is 22.6 Å². The second-order valence-corrected chi connectivity index (χ2v) is 6.74. The minimum absolute atomic E-state index is 0.0490. The molecule has 4 nitrogen and oxygen atoms in total. The molecule has 0 aromatic heterocycles. The zero-order valence-corrected chi connectivity index (χ0v) is 14.6. The number of nitrogens with zero attached hydrogens (tertiary/aromatic N) is 1. The van der Waals surface area contributed by atoms with Gasteiger partial charge in [-0.3, -0.25) is 9.59 Å². The van der Waals surface area contributed by atoms with E-state index in [1.54, 1.807) is 12.1 Å². The van der Waals surface area contributed by atoms with Crippen molar-refractivity contribution in [3.05, 3.63) is 59.7 Å². The van der Waals surface area contributed by atoms with Gasteiger partial charge in [-0.25, -0.2) is 8.78 Å². The van der Waals surface area contributed by atoms with Crippen molar-refractivity contribution in [3.63, 3.8) is 0 Å². The molecule has 0 bridgehead atoms. The van der Waals surface area contributed by atoms with Gasteiger partial charge in [-0.1, -0.05) is 32.0 Å². The topological polar surface area (TPSA) is 49.4 Å². The van der Waals surface area contributed by atoms with Crippen LogP contribution in [0.2, 0.25) is 0 Å². The average Bonchev–Trinajstić information content (AvgIpc) is 2.97. The third-order valence-electron chi connectivity index (χ3n) is 4.55. The lowest BCUT2D eigenvalue weighted by Gasteiger charge is -2.18. The van der Waals surface area contributed by atoms with Crippen LogP contribution >= 0.6 is 0 Å². The second-order valence-electron chi connectivity index (χ2n) is 6.74. The zero-order valence-electron chi connectivity index (χ0n) is 14.6. The molecule has 1 atom stereocenters. The number of benzene rings is 2. The standard InChI is InChI=1S/C20H20F2N2O2/c1-12(2)13-6-8-15(9-7-13)23-20(26)14-10-18(25)24(11-14)19-16(21)4-3-5-17(19)22/h3-9,12,14H,10-11H2,1-2H3,(H,23,26). The van der Waals surface area contributed by atoms with E-state index in [1.165, 1.54) is 6.07 Å². The van der Waals surface area contributed by atoms with Crippen molar-refractivity contribution in [3.8, 4) is 0 Å². The van der Waals surface area contributed by atoms with Crippen molar-refractivity contribution in [2.45, 2.75) is 26.2 Å². The molecule has 0 aliphatic carbocycles. The van der Waals surface area contributed by atoms with E-state index in [-0.39, 0.29) is 18.9 Å². The van der Waals surface area contributed by atoms with Crippen molar-refractivity contribution >= 4 is 23.2 Å². The number of nitrogens with one attached hydrogen (secondary N) is 1. The Morgan fingerprint density at radius 2 is 1.73 bits per heavy atom. The van der Waals surface area contributed by atoms with Gasteiger partial charge in [-0.05, 0) is 35.7 Å². The van der Waals surface area contributed by atoms with Crippen LogP contribution < -0.4 is 10.2 Å². The molecule has 1 aliphatic rings. The number of carbonyl (C=O) groups excluding carboxylic acids is 2. The first-order valence-corrected chi connectivity index (χ1v) is 8.52. The summed E-state index contributed by atoms with van der Waals surface area (Å²) in [6.45, 7) is 4.11. The van der Waals surface area contributed by atoms with E-state index in [4.69, 9.17) is 0 Å². The van der Waals surface area contributed by atoms with Gasteiger partial charge in [0.05, 0.1) is 5.92 Å². The molecule has 1 saturated heterocycles. The van der Waals surface area contributed by atoms with Crippen LogP contribution in [0.5, 0.6) is 0 Å². The molecular weight excluding hydrogens is 338 g/mol. The smallest absolute Gasteiger partial charge is 0.229 e. The fourth-order valence-electron chi connectivity index (χ4n) is 3.04. The lowest BCUT2D eigenvalue weighted by Crippen LogP contribution is -2.29. The lowest BCUT2D eigenvalue weighted by atomic mass is 10.0. The Labute approximate surface area is 150 Å². The maximum absolute atomic E-state index is 13.9. The molecule has 136 valence electrons. The number of halogens is 2. The molecule has 2 amide bonds. The molecule has 0 radical (unpaired) electrons. The maximum atomic E-state index is 13.9. The third-order valence-corrected chi connectivity index (χ3v) is 4.55. The van der Waals surface area contributed by atoms with E-state index < -0.39 is 29.1 Å². The number of hydrogen-bond acceptors (Lipinski definition) is 2. The summed E-state index contributed by atoms with van der Waals surface area (Å²) in [4.78, 5) is 25.6. The predicted octanol–water partition coefficient (Wildman–Crippen LogP) is 4.08. The van der Waals surface area contributed by atoms with Crippen molar-refractivity contribution in [1.29, 1.82) is 0 Å². The first-order valence-electron chi connectivity index (χ1n) is 8.52. The van der Waals surface area contributed by atoms with E-state index in [0.29, 0.717) is 11.6 Å². The van der Waals surface area contributed by atoms with Gasteiger partial charge in [-0.15, -0.1) is 0 Å². The van der Waals surface area contributed by atoms with Crippen LogP contribution in [-0.2, 0) is 9.59 Å². The molecule has 0 spiro atoms. The number of amides is 2. The van der Waals surface area contributed by atoms with Gasteiger partial charge in [-0.2, -0.15) is 0 Å². The highest BCUT2D eigenvalue weighted by Crippen LogP contribution is 2.30. The maximum Gasteiger partial charge on any atom is 0.229 e.